The third kappa shape index (κ3) is 4.90. The average Bonchev–Trinajstić information content (AvgIpc) is 3.18. The molecule has 2 aromatic heterocycles. The van der Waals surface area contributed by atoms with Crippen molar-refractivity contribution in [3.8, 4) is 17.1 Å². The molecule has 0 atom stereocenters. The lowest BCUT2D eigenvalue weighted by Gasteiger charge is -2.29. The maximum Gasteiger partial charge on any atom is 0.306 e. The van der Waals surface area contributed by atoms with E-state index in [1.54, 1.807) is 17.7 Å². The van der Waals surface area contributed by atoms with Crippen LogP contribution in [0.15, 0.2) is 34.1 Å². The van der Waals surface area contributed by atoms with Crippen LogP contribution < -0.4 is 10.3 Å². The van der Waals surface area contributed by atoms with Crippen LogP contribution in [0.5, 0.6) is 5.75 Å². The Morgan fingerprint density at radius 2 is 1.94 bits per heavy atom. The van der Waals surface area contributed by atoms with Gasteiger partial charge in [0.05, 0.1) is 28.5 Å². The Morgan fingerprint density at radius 3 is 2.58 bits per heavy atom. The van der Waals surface area contributed by atoms with E-state index in [1.807, 2.05) is 13.1 Å². The van der Waals surface area contributed by atoms with Gasteiger partial charge in [0, 0.05) is 26.3 Å². The molecule has 10 nitrogen and oxygen atoms in total. The van der Waals surface area contributed by atoms with E-state index in [0.29, 0.717) is 29.0 Å². The fourth-order valence-corrected chi connectivity index (χ4v) is 6.14. The van der Waals surface area contributed by atoms with Crippen LogP contribution in [0.1, 0.15) is 45.1 Å². The summed E-state index contributed by atoms with van der Waals surface area (Å²) in [5, 5.41) is 9.24. The Hall–Kier alpha value is -3.18. The minimum Gasteiger partial charge on any atom is -0.493 e. The molecule has 0 radical (unpaired) electrons. The molecule has 0 aliphatic carbocycles. The van der Waals surface area contributed by atoms with Gasteiger partial charge in [-0.25, -0.2) is 13.4 Å². The summed E-state index contributed by atoms with van der Waals surface area (Å²) in [6.07, 6.45) is 4.82. The third-order valence-electron chi connectivity index (χ3n) is 6.53. The maximum atomic E-state index is 13.4. The average molecular weight is 517 g/mol. The number of carboxylic acid groups (broad SMARTS) is 1. The van der Waals surface area contributed by atoms with E-state index >= 15 is 0 Å². The quantitative estimate of drug-likeness (QED) is 0.446. The van der Waals surface area contributed by atoms with Crippen LogP contribution in [-0.4, -0.2) is 58.0 Å². The van der Waals surface area contributed by atoms with Crippen molar-refractivity contribution in [3.63, 3.8) is 0 Å². The van der Waals surface area contributed by atoms with Crippen molar-refractivity contribution in [1.82, 2.24) is 18.8 Å². The molecule has 0 saturated carbocycles. The van der Waals surface area contributed by atoms with Gasteiger partial charge in [0.15, 0.2) is 0 Å². The highest BCUT2D eigenvalue weighted by Gasteiger charge is 2.32. The highest BCUT2D eigenvalue weighted by Crippen LogP contribution is 2.33. The highest BCUT2D eigenvalue weighted by molar-refractivity contribution is 7.89. The molecule has 0 unspecified atom stereocenters. The second-order valence-electron chi connectivity index (χ2n) is 9.15. The summed E-state index contributed by atoms with van der Waals surface area (Å²) in [5.74, 6) is -0.777. The summed E-state index contributed by atoms with van der Waals surface area (Å²) < 4.78 is 35.8. The first-order chi connectivity index (χ1) is 17.2. The number of aromatic amines is 1. The molecule has 1 fully saturated rings. The Morgan fingerprint density at radius 1 is 1.22 bits per heavy atom. The number of carbonyl (C=O) groups is 1. The van der Waals surface area contributed by atoms with Crippen molar-refractivity contribution in [1.29, 1.82) is 0 Å². The fourth-order valence-electron chi connectivity index (χ4n) is 4.64. The first kappa shape index (κ1) is 25.9. The van der Waals surface area contributed by atoms with Crippen molar-refractivity contribution in [2.45, 2.75) is 50.8 Å². The first-order valence-corrected chi connectivity index (χ1v) is 13.7. The van der Waals surface area contributed by atoms with E-state index in [4.69, 9.17) is 9.72 Å². The van der Waals surface area contributed by atoms with Gasteiger partial charge in [0.1, 0.15) is 17.1 Å². The van der Waals surface area contributed by atoms with Crippen LogP contribution in [0.2, 0.25) is 0 Å². The molecule has 2 N–H and O–H groups in total. The number of nitrogens with zero attached hydrogens (tertiary/aromatic N) is 3. The largest absolute Gasteiger partial charge is 0.493 e. The van der Waals surface area contributed by atoms with Crippen LogP contribution in [-0.2, 0) is 28.3 Å². The fraction of sp³-hybridized carbons (Fsp3) is 0.480. The van der Waals surface area contributed by atoms with E-state index in [2.05, 4.69) is 11.9 Å². The van der Waals surface area contributed by atoms with Gasteiger partial charge >= 0.3 is 5.97 Å². The van der Waals surface area contributed by atoms with Crippen LogP contribution in [0.4, 0.5) is 0 Å². The summed E-state index contributed by atoms with van der Waals surface area (Å²) >= 11 is 0. The number of aromatic nitrogens is 3. The SMILES string of the molecule is CCCOc1ccc(S(=O)(=O)N2CCC(C(=O)O)CC2)cc1-c1nc2c(CCC)cn(C)c2c(=O)[nH]1. The molecule has 3 heterocycles. The molecule has 4 rings (SSSR count). The van der Waals surface area contributed by atoms with E-state index < -0.39 is 21.9 Å². The molecular weight excluding hydrogens is 484 g/mol. The zero-order valence-electron chi connectivity index (χ0n) is 20.8. The number of ether oxygens (including phenoxy) is 1. The van der Waals surface area contributed by atoms with E-state index in [9.17, 15) is 23.1 Å². The van der Waals surface area contributed by atoms with Gasteiger partial charge in [-0.15, -0.1) is 0 Å². The molecule has 0 spiro atoms. The first-order valence-electron chi connectivity index (χ1n) is 12.3. The number of aliphatic carboxylic acids is 1. The number of rotatable bonds is 9. The lowest BCUT2D eigenvalue weighted by molar-refractivity contribution is -0.142. The van der Waals surface area contributed by atoms with Gasteiger partial charge in [-0.05, 0) is 49.4 Å². The van der Waals surface area contributed by atoms with Gasteiger partial charge in [-0.2, -0.15) is 4.31 Å². The smallest absolute Gasteiger partial charge is 0.306 e. The summed E-state index contributed by atoms with van der Waals surface area (Å²) in [6.45, 7) is 4.70. The van der Waals surface area contributed by atoms with Crippen molar-refractivity contribution < 1.29 is 23.1 Å². The molecular formula is C25H32N4O6S. The molecule has 11 heteroatoms. The van der Waals surface area contributed by atoms with Crippen molar-refractivity contribution in [3.05, 3.63) is 40.3 Å². The second kappa shape index (κ2) is 10.4. The molecule has 3 aromatic rings. The standard InChI is InChI=1S/C25H32N4O6S/c1-4-6-17-15-28(3)22-21(17)26-23(27-24(22)30)19-14-18(7-8-20(19)35-13-5-2)36(33,34)29-11-9-16(10-12-29)25(31)32/h7-8,14-16H,4-6,9-13H2,1-3H3,(H,31,32)(H,26,27,30). The molecule has 1 aromatic carbocycles. The Balaban J connectivity index is 1.80. The molecule has 194 valence electrons. The summed E-state index contributed by atoms with van der Waals surface area (Å²) in [4.78, 5) is 31.9. The zero-order chi connectivity index (χ0) is 26.0. The highest BCUT2D eigenvalue weighted by atomic mass is 32.2. The molecule has 0 bridgehead atoms. The van der Waals surface area contributed by atoms with Crippen LogP contribution >= 0.6 is 0 Å². The van der Waals surface area contributed by atoms with Crippen molar-refractivity contribution in [2.24, 2.45) is 13.0 Å². The van der Waals surface area contributed by atoms with E-state index in [-0.39, 0.29) is 42.2 Å². The Labute approximate surface area is 210 Å². The van der Waals surface area contributed by atoms with Crippen molar-refractivity contribution >= 4 is 27.0 Å². The number of carboxylic acids is 1. The number of sulfonamides is 1. The normalized spacial score (nSPS) is 15.4. The maximum absolute atomic E-state index is 13.4. The van der Waals surface area contributed by atoms with E-state index in [1.165, 1.54) is 16.4 Å². The van der Waals surface area contributed by atoms with E-state index in [0.717, 1.165) is 24.8 Å². The third-order valence-corrected chi connectivity index (χ3v) is 8.42. The molecule has 36 heavy (non-hydrogen) atoms. The van der Waals surface area contributed by atoms with Crippen LogP contribution in [0, 0.1) is 5.92 Å². The Kier molecular flexibility index (Phi) is 7.51. The van der Waals surface area contributed by atoms with Gasteiger partial charge in [0.25, 0.3) is 5.56 Å². The predicted molar refractivity (Wildman–Crippen MR) is 136 cm³/mol. The number of aryl methyl sites for hydroxylation is 2. The number of H-pyrrole nitrogens is 1. The molecule has 1 aliphatic heterocycles. The minimum atomic E-state index is -3.88. The topological polar surface area (TPSA) is 135 Å². The van der Waals surface area contributed by atoms with Gasteiger partial charge in [-0.1, -0.05) is 20.3 Å². The number of fused-ring (bicyclic) bond motifs is 1. The van der Waals surface area contributed by atoms with Gasteiger partial charge in [-0.3, -0.25) is 9.59 Å². The summed E-state index contributed by atoms with van der Waals surface area (Å²) in [5.41, 5.74) is 2.07. The number of hydrogen-bond acceptors (Lipinski definition) is 6. The van der Waals surface area contributed by atoms with Crippen molar-refractivity contribution in [2.75, 3.05) is 19.7 Å². The molecule has 0 amide bonds. The molecule has 1 aliphatic rings. The lowest BCUT2D eigenvalue weighted by Crippen LogP contribution is -2.40. The zero-order valence-corrected chi connectivity index (χ0v) is 21.6. The lowest BCUT2D eigenvalue weighted by atomic mass is 9.99. The van der Waals surface area contributed by atoms with Gasteiger partial charge < -0.3 is 19.4 Å². The molecule has 1 saturated heterocycles. The number of hydrogen-bond donors (Lipinski definition) is 2. The summed E-state index contributed by atoms with van der Waals surface area (Å²) in [6, 6.07) is 4.55. The second-order valence-corrected chi connectivity index (χ2v) is 11.1. The number of nitrogens with one attached hydrogen (secondary N) is 1. The monoisotopic (exact) mass is 516 g/mol. The van der Waals surface area contributed by atoms with Crippen LogP contribution in [0.3, 0.4) is 0 Å². The summed E-state index contributed by atoms with van der Waals surface area (Å²) in [7, 11) is -2.08. The number of piperidine rings is 1. The van der Waals surface area contributed by atoms with Crippen LogP contribution in [0.25, 0.3) is 22.4 Å². The number of benzene rings is 1. The minimum absolute atomic E-state index is 0.0414. The predicted octanol–water partition coefficient (Wildman–Crippen LogP) is 3.16. The Bertz CT molecular complexity index is 1430. The van der Waals surface area contributed by atoms with Gasteiger partial charge in [0.2, 0.25) is 10.0 Å².